The minimum atomic E-state index is 0.296. The fourth-order valence-corrected chi connectivity index (χ4v) is 0.982. The molecule has 0 amide bonds. The molecule has 3 nitrogen and oxygen atoms in total. The SMILES string of the molecule is CC1=N[C@H]([C@H]2CO2)CO1. The molecule has 0 N–H and O–H groups in total. The second-order valence-electron chi connectivity index (χ2n) is 2.40. The molecular weight excluding hydrogens is 118 g/mol. The van der Waals surface area contributed by atoms with Gasteiger partial charge in [-0.05, 0) is 0 Å². The van der Waals surface area contributed by atoms with Crippen molar-refractivity contribution in [2.75, 3.05) is 13.2 Å². The number of epoxide rings is 1. The van der Waals surface area contributed by atoms with Gasteiger partial charge in [0.2, 0.25) is 0 Å². The number of nitrogens with zero attached hydrogens (tertiary/aromatic N) is 1. The van der Waals surface area contributed by atoms with Gasteiger partial charge in [-0.2, -0.15) is 0 Å². The summed E-state index contributed by atoms with van der Waals surface area (Å²) in [4.78, 5) is 4.22. The summed E-state index contributed by atoms with van der Waals surface area (Å²) in [6.45, 7) is 3.46. The summed E-state index contributed by atoms with van der Waals surface area (Å²) in [5, 5.41) is 0. The third kappa shape index (κ3) is 0.920. The lowest BCUT2D eigenvalue weighted by Gasteiger charge is -1.95. The van der Waals surface area contributed by atoms with Gasteiger partial charge >= 0.3 is 0 Å². The molecule has 0 aromatic rings. The van der Waals surface area contributed by atoms with Crippen molar-refractivity contribution in [3.63, 3.8) is 0 Å². The van der Waals surface area contributed by atoms with E-state index >= 15 is 0 Å². The van der Waals surface area contributed by atoms with Crippen molar-refractivity contribution in [1.29, 1.82) is 0 Å². The highest BCUT2D eigenvalue weighted by atomic mass is 16.6. The second kappa shape index (κ2) is 1.70. The number of ether oxygens (including phenoxy) is 2. The van der Waals surface area contributed by atoms with Crippen molar-refractivity contribution in [2.24, 2.45) is 4.99 Å². The molecule has 0 aliphatic carbocycles. The molecule has 2 heterocycles. The molecule has 0 aromatic heterocycles. The molecule has 50 valence electrons. The summed E-state index contributed by atoms with van der Waals surface area (Å²) in [6, 6.07) is 0.296. The van der Waals surface area contributed by atoms with Crippen molar-refractivity contribution in [3.8, 4) is 0 Å². The van der Waals surface area contributed by atoms with Gasteiger partial charge in [0.05, 0.1) is 6.61 Å². The molecule has 1 fully saturated rings. The smallest absolute Gasteiger partial charge is 0.180 e. The van der Waals surface area contributed by atoms with E-state index in [0.717, 1.165) is 19.1 Å². The highest BCUT2D eigenvalue weighted by molar-refractivity contribution is 5.74. The Balaban J connectivity index is 1.99. The molecule has 1 saturated heterocycles. The van der Waals surface area contributed by atoms with Crippen LogP contribution in [0.5, 0.6) is 0 Å². The van der Waals surface area contributed by atoms with E-state index in [1.165, 1.54) is 0 Å². The van der Waals surface area contributed by atoms with Crippen LogP contribution in [-0.4, -0.2) is 31.3 Å². The van der Waals surface area contributed by atoms with E-state index in [2.05, 4.69) is 4.99 Å². The third-order valence-corrected chi connectivity index (χ3v) is 1.60. The van der Waals surface area contributed by atoms with E-state index in [1.807, 2.05) is 6.92 Å². The van der Waals surface area contributed by atoms with Crippen molar-refractivity contribution in [3.05, 3.63) is 0 Å². The van der Waals surface area contributed by atoms with E-state index in [9.17, 15) is 0 Å². The van der Waals surface area contributed by atoms with Crippen molar-refractivity contribution < 1.29 is 9.47 Å². The fraction of sp³-hybridized carbons (Fsp3) is 0.833. The van der Waals surface area contributed by atoms with Crippen LogP contribution in [0.15, 0.2) is 4.99 Å². The Morgan fingerprint density at radius 3 is 2.78 bits per heavy atom. The van der Waals surface area contributed by atoms with Crippen LogP contribution < -0.4 is 0 Å². The first-order valence-corrected chi connectivity index (χ1v) is 3.15. The maximum absolute atomic E-state index is 5.14. The number of hydrogen-bond donors (Lipinski definition) is 0. The third-order valence-electron chi connectivity index (χ3n) is 1.60. The van der Waals surface area contributed by atoms with Crippen molar-refractivity contribution >= 4 is 5.90 Å². The minimum absolute atomic E-state index is 0.296. The van der Waals surface area contributed by atoms with Crippen LogP contribution in [0.3, 0.4) is 0 Å². The molecule has 2 rings (SSSR count). The van der Waals surface area contributed by atoms with Gasteiger partial charge in [-0.3, -0.25) is 0 Å². The lowest BCUT2D eigenvalue weighted by atomic mass is 10.2. The van der Waals surface area contributed by atoms with Gasteiger partial charge in [0, 0.05) is 6.92 Å². The minimum Gasteiger partial charge on any atom is -0.479 e. The summed E-state index contributed by atoms with van der Waals surface area (Å²) in [7, 11) is 0. The maximum Gasteiger partial charge on any atom is 0.180 e. The summed E-state index contributed by atoms with van der Waals surface area (Å²) in [5.41, 5.74) is 0. The topological polar surface area (TPSA) is 34.1 Å². The Bertz CT molecular complexity index is 151. The predicted molar refractivity (Wildman–Crippen MR) is 32.6 cm³/mol. The van der Waals surface area contributed by atoms with E-state index in [4.69, 9.17) is 9.47 Å². The van der Waals surface area contributed by atoms with E-state index < -0.39 is 0 Å². The Labute approximate surface area is 53.7 Å². The lowest BCUT2D eigenvalue weighted by molar-refractivity contribution is 0.282. The van der Waals surface area contributed by atoms with Crippen LogP contribution in [0.2, 0.25) is 0 Å². The summed E-state index contributed by atoms with van der Waals surface area (Å²) < 4.78 is 10.2. The molecule has 2 atom stereocenters. The van der Waals surface area contributed by atoms with E-state index in [1.54, 1.807) is 0 Å². The molecule has 2 aliphatic heterocycles. The normalized spacial score (nSPS) is 39.9. The van der Waals surface area contributed by atoms with Crippen LogP contribution in [0.4, 0.5) is 0 Å². The van der Waals surface area contributed by atoms with E-state index in [0.29, 0.717) is 12.1 Å². The predicted octanol–water partition coefficient (Wildman–Crippen LogP) is 0.202. The summed E-state index contributed by atoms with van der Waals surface area (Å²) in [5.74, 6) is 0.801. The average molecular weight is 127 g/mol. The quantitative estimate of drug-likeness (QED) is 0.471. The van der Waals surface area contributed by atoms with Crippen LogP contribution in [0.25, 0.3) is 0 Å². The summed E-state index contributed by atoms with van der Waals surface area (Å²) >= 11 is 0. The molecule has 0 unspecified atom stereocenters. The molecule has 0 spiro atoms. The monoisotopic (exact) mass is 127 g/mol. The van der Waals surface area contributed by atoms with Gasteiger partial charge in [-0.15, -0.1) is 0 Å². The van der Waals surface area contributed by atoms with E-state index in [-0.39, 0.29) is 0 Å². The van der Waals surface area contributed by atoms with Crippen LogP contribution in [0, 0.1) is 0 Å². The summed E-state index contributed by atoms with van der Waals surface area (Å²) in [6.07, 6.45) is 0.363. The molecular formula is C6H9NO2. The van der Waals surface area contributed by atoms with Gasteiger partial charge in [0.15, 0.2) is 5.90 Å². The Kier molecular flexibility index (Phi) is 0.990. The Morgan fingerprint density at radius 2 is 2.33 bits per heavy atom. The lowest BCUT2D eigenvalue weighted by Crippen LogP contribution is -2.13. The first-order chi connectivity index (χ1) is 4.36. The molecule has 3 heteroatoms. The number of aliphatic imine (C=N–C) groups is 1. The van der Waals surface area contributed by atoms with Crippen LogP contribution in [-0.2, 0) is 9.47 Å². The van der Waals surface area contributed by atoms with Crippen LogP contribution >= 0.6 is 0 Å². The standard InChI is InChI=1S/C6H9NO2/c1-4-7-5(2-8-4)6-3-9-6/h5-6H,2-3H2,1H3/t5-,6+/m0/s1. The van der Waals surface area contributed by atoms with Gasteiger partial charge in [-0.25, -0.2) is 4.99 Å². The maximum atomic E-state index is 5.14. The first-order valence-electron chi connectivity index (χ1n) is 3.15. The molecule has 9 heavy (non-hydrogen) atoms. The highest BCUT2D eigenvalue weighted by Gasteiger charge is 2.35. The average Bonchev–Trinajstić information content (AvgIpc) is 2.58. The van der Waals surface area contributed by atoms with Gasteiger partial charge in [-0.1, -0.05) is 0 Å². The Hall–Kier alpha value is -0.570. The van der Waals surface area contributed by atoms with Crippen molar-refractivity contribution in [2.45, 2.75) is 19.1 Å². The van der Waals surface area contributed by atoms with Crippen LogP contribution in [0.1, 0.15) is 6.92 Å². The molecule has 0 radical (unpaired) electrons. The Morgan fingerprint density at radius 1 is 1.56 bits per heavy atom. The highest BCUT2D eigenvalue weighted by Crippen LogP contribution is 2.20. The molecule has 0 saturated carbocycles. The zero-order valence-electron chi connectivity index (χ0n) is 5.33. The molecule has 0 bridgehead atoms. The second-order valence-corrected chi connectivity index (χ2v) is 2.40. The van der Waals surface area contributed by atoms with Gasteiger partial charge in [0.25, 0.3) is 0 Å². The number of rotatable bonds is 1. The number of hydrogen-bond acceptors (Lipinski definition) is 3. The fourth-order valence-electron chi connectivity index (χ4n) is 0.982. The largest absolute Gasteiger partial charge is 0.479 e. The van der Waals surface area contributed by atoms with Gasteiger partial charge in [0.1, 0.15) is 18.8 Å². The zero-order chi connectivity index (χ0) is 6.27. The molecule has 0 aromatic carbocycles. The first kappa shape index (κ1) is 5.23. The molecule has 2 aliphatic rings. The van der Waals surface area contributed by atoms with Crippen molar-refractivity contribution in [1.82, 2.24) is 0 Å². The zero-order valence-corrected chi connectivity index (χ0v) is 5.33. The van der Waals surface area contributed by atoms with Gasteiger partial charge < -0.3 is 9.47 Å².